The van der Waals surface area contributed by atoms with Crippen LogP contribution in [-0.2, 0) is 16.1 Å². The summed E-state index contributed by atoms with van der Waals surface area (Å²) >= 11 is 0. The van der Waals surface area contributed by atoms with E-state index in [1.807, 2.05) is 25.0 Å². The highest BCUT2D eigenvalue weighted by Crippen LogP contribution is 2.14. The van der Waals surface area contributed by atoms with Gasteiger partial charge in [-0.25, -0.2) is 0 Å². The zero-order chi connectivity index (χ0) is 10.8. The van der Waals surface area contributed by atoms with Crippen LogP contribution in [0.2, 0.25) is 6.82 Å². The number of carboxylic acids is 1. The van der Waals surface area contributed by atoms with E-state index in [0.29, 0.717) is 6.61 Å². The van der Waals surface area contributed by atoms with Gasteiger partial charge in [0.15, 0.2) is 0 Å². The summed E-state index contributed by atoms with van der Waals surface area (Å²) in [5.41, 5.74) is 3.15. The van der Waals surface area contributed by atoms with E-state index in [0.717, 1.165) is 11.2 Å². The van der Waals surface area contributed by atoms with Crippen molar-refractivity contribution in [2.75, 3.05) is 11.9 Å². The number of anilines is 1. The Morgan fingerprint density at radius 3 is 3.20 bits per heavy atom. The van der Waals surface area contributed by atoms with Crippen LogP contribution in [0.5, 0.6) is 0 Å². The fourth-order valence-electron chi connectivity index (χ4n) is 1.70. The van der Waals surface area contributed by atoms with Gasteiger partial charge in [-0.1, -0.05) is 12.9 Å². The second-order valence-corrected chi connectivity index (χ2v) is 3.61. The number of rotatable bonds is 3. The summed E-state index contributed by atoms with van der Waals surface area (Å²) in [6, 6.07) is 5.81. The van der Waals surface area contributed by atoms with Gasteiger partial charge in [-0.05, 0) is 23.2 Å². The first-order valence-electron chi connectivity index (χ1n) is 4.87. The van der Waals surface area contributed by atoms with Crippen LogP contribution in [0.25, 0.3) is 0 Å². The van der Waals surface area contributed by atoms with Crippen molar-refractivity contribution in [3.8, 4) is 0 Å². The molecule has 0 aromatic heterocycles. The molecule has 0 fully saturated rings. The molecule has 0 bridgehead atoms. The highest BCUT2D eigenvalue weighted by molar-refractivity contribution is 6.67. The lowest BCUT2D eigenvalue weighted by molar-refractivity contribution is -0.134. The summed E-state index contributed by atoms with van der Waals surface area (Å²) in [4.78, 5) is 10.4. The summed E-state index contributed by atoms with van der Waals surface area (Å²) in [5, 5.41) is 11.4. The SMILES string of the molecule is CB1OCc2ccc(NCC(=O)O)cc21. The molecule has 78 valence electrons. The van der Waals surface area contributed by atoms with E-state index in [9.17, 15) is 4.79 Å². The Kier molecular flexibility index (Phi) is 2.64. The number of carboxylic acid groups (broad SMARTS) is 1. The van der Waals surface area contributed by atoms with E-state index in [4.69, 9.17) is 9.76 Å². The number of hydrogen-bond donors (Lipinski definition) is 2. The quantitative estimate of drug-likeness (QED) is 0.707. The fraction of sp³-hybridized carbons (Fsp3) is 0.300. The summed E-state index contributed by atoms with van der Waals surface area (Å²) in [6.45, 7) is 2.68. The van der Waals surface area contributed by atoms with E-state index in [-0.39, 0.29) is 13.5 Å². The highest BCUT2D eigenvalue weighted by atomic mass is 16.4. The molecule has 1 aliphatic heterocycles. The van der Waals surface area contributed by atoms with Crippen molar-refractivity contribution in [2.24, 2.45) is 0 Å². The van der Waals surface area contributed by atoms with E-state index < -0.39 is 5.97 Å². The van der Waals surface area contributed by atoms with Crippen molar-refractivity contribution < 1.29 is 14.6 Å². The number of hydrogen-bond acceptors (Lipinski definition) is 3. The second kappa shape index (κ2) is 3.94. The molecular weight excluding hydrogens is 193 g/mol. The second-order valence-electron chi connectivity index (χ2n) is 3.61. The van der Waals surface area contributed by atoms with Crippen LogP contribution in [-0.4, -0.2) is 24.5 Å². The summed E-state index contributed by atoms with van der Waals surface area (Å²) < 4.78 is 5.46. The predicted molar refractivity (Wildman–Crippen MR) is 58.6 cm³/mol. The average Bonchev–Trinajstić information content (AvgIpc) is 2.57. The maximum absolute atomic E-state index is 10.4. The van der Waals surface area contributed by atoms with E-state index in [1.165, 1.54) is 5.56 Å². The van der Waals surface area contributed by atoms with Crippen LogP contribution < -0.4 is 10.8 Å². The Morgan fingerprint density at radius 1 is 1.67 bits per heavy atom. The lowest BCUT2D eigenvalue weighted by atomic mass is 9.64. The van der Waals surface area contributed by atoms with Crippen molar-refractivity contribution in [2.45, 2.75) is 13.4 Å². The first-order chi connectivity index (χ1) is 7.16. The van der Waals surface area contributed by atoms with Gasteiger partial charge in [0, 0.05) is 5.69 Å². The van der Waals surface area contributed by atoms with Gasteiger partial charge >= 0.3 is 12.9 Å². The molecule has 0 radical (unpaired) electrons. The number of aliphatic carboxylic acids is 1. The van der Waals surface area contributed by atoms with Crippen molar-refractivity contribution in [1.82, 2.24) is 0 Å². The molecule has 1 aromatic carbocycles. The molecule has 4 nitrogen and oxygen atoms in total. The molecule has 15 heavy (non-hydrogen) atoms. The third-order valence-electron chi connectivity index (χ3n) is 2.52. The number of benzene rings is 1. The molecule has 0 atom stereocenters. The summed E-state index contributed by atoms with van der Waals surface area (Å²) in [6.07, 6.45) is 0. The zero-order valence-electron chi connectivity index (χ0n) is 8.49. The standard InChI is InChI=1S/C10H12BNO3/c1-11-9-4-8(12-5-10(13)14)3-2-7(9)6-15-11/h2-4,12H,5-6H2,1H3,(H,13,14). The molecule has 1 aliphatic rings. The van der Waals surface area contributed by atoms with E-state index in [1.54, 1.807) is 0 Å². The number of carbonyl (C=O) groups is 1. The van der Waals surface area contributed by atoms with Crippen LogP contribution in [0.3, 0.4) is 0 Å². The largest absolute Gasteiger partial charge is 0.480 e. The van der Waals surface area contributed by atoms with Gasteiger partial charge in [0.2, 0.25) is 0 Å². The lowest BCUT2D eigenvalue weighted by Gasteiger charge is -2.06. The van der Waals surface area contributed by atoms with Crippen LogP contribution in [0.1, 0.15) is 5.56 Å². The fourth-order valence-corrected chi connectivity index (χ4v) is 1.70. The van der Waals surface area contributed by atoms with Crippen molar-refractivity contribution >= 4 is 24.0 Å². The Hall–Kier alpha value is -1.49. The van der Waals surface area contributed by atoms with Crippen LogP contribution in [0, 0.1) is 0 Å². The van der Waals surface area contributed by atoms with Gasteiger partial charge in [0.05, 0.1) is 6.61 Å². The molecule has 0 amide bonds. The minimum atomic E-state index is -0.861. The van der Waals surface area contributed by atoms with Gasteiger partial charge in [-0.2, -0.15) is 0 Å². The van der Waals surface area contributed by atoms with Gasteiger partial charge < -0.3 is 15.1 Å². The summed E-state index contributed by atoms with van der Waals surface area (Å²) in [5.74, 6) is -0.861. The maximum Gasteiger partial charge on any atom is 0.324 e. The Balaban J connectivity index is 2.14. The minimum Gasteiger partial charge on any atom is -0.480 e. The maximum atomic E-state index is 10.4. The third kappa shape index (κ3) is 2.13. The third-order valence-corrected chi connectivity index (χ3v) is 2.52. The molecular formula is C10H12BNO3. The zero-order valence-corrected chi connectivity index (χ0v) is 8.49. The van der Waals surface area contributed by atoms with Crippen molar-refractivity contribution in [3.05, 3.63) is 23.8 Å². The van der Waals surface area contributed by atoms with Gasteiger partial charge in [0.1, 0.15) is 6.54 Å². The molecule has 5 heteroatoms. The first-order valence-corrected chi connectivity index (χ1v) is 4.87. The van der Waals surface area contributed by atoms with Crippen LogP contribution in [0.15, 0.2) is 18.2 Å². The number of fused-ring (bicyclic) bond motifs is 1. The molecule has 0 saturated heterocycles. The van der Waals surface area contributed by atoms with E-state index in [2.05, 4.69) is 5.32 Å². The molecule has 0 saturated carbocycles. The minimum absolute atomic E-state index is 0.0615. The van der Waals surface area contributed by atoms with Gasteiger partial charge in [0.25, 0.3) is 0 Å². The van der Waals surface area contributed by atoms with Crippen molar-refractivity contribution in [3.63, 3.8) is 0 Å². The average molecular weight is 205 g/mol. The molecule has 1 heterocycles. The smallest absolute Gasteiger partial charge is 0.324 e. The van der Waals surface area contributed by atoms with E-state index >= 15 is 0 Å². The molecule has 2 N–H and O–H groups in total. The highest BCUT2D eigenvalue weighted by Gasteiger charge is 2.23. The van der Waals surface area contributed by atoms with Crippen molar-refractivity contribution in [1.29, 1.82) is 0 Å². The molecule has 1 aromatic rings. The Bertz CT molecular complexity index is 394. The van der Waals surface area contributed by atoms with Crippen LogP contribution in [0.4, 0.5) is 5.69 Å². The number of nitrogens with one attached hydrogen (secondary N) is 1. The van der Waals surface area contributed by atoms with Gasteiger partial charge in [-0.3, -0.25) is 4.79 Å². The normalized spacial score (nSPS) is 13.8. The topological polar surface area (TPSA) is 58.6 Å². The van der Waals surface area contributed by atoms with Crippen LogP contribution >= 0.6 is 0 Å². The monoisotopic (exact) mass is 205 g/mol. The first kappa shape index (κ1) is 10.0. The Labute approximate surface area is 88.4 Å². The molecule has 0 aliphatic carbocycles. The lowest BCUT2D eigenvalue weighted by Crippen LogP contribution is -2.25. The molecule has 2 rings (SSSR count). The molecule has 0 unspecified atom stereocenters. The summed E-state index contributed by atoms with van der Waals surface area (Å²) in [7, 11) is 0. The predicted octanol–water partition coefficient (Wildman–Crippen LogP) is 0.542. The van der Waals surface area contributed by atoms with Gasteiger partial charge in [-0.15, -0.1) is 0 Å². The molecule has 0 spiro atoms. The Morgan fingerprint density at radius 2 is 2.47 bits per heavy atom.